The van der Waals surface area contributed by atoms with Crippen molar-refractivity contribution in [1.29, 1.82) is 0 Å². The SMILES string of the molecule is C.CC(C)C1CCCc2ccccc21.CC(C)N1CCc2ccccc21. The third-order valence-corrected chi connectivity index (χ3v) is 5.77. The van der Waals surface area contributed by atoms with Gasteiger partial charge in [-0.15, -0.1) is 0 Å². The smallest absolute Gasteiger partial charge is 0.0401 e. The van der Waals surface area contributed by atoms with Crippen molar-refractivity contribution in [2.75, 3.05) is 11.4 Å². The molecule has 1 unspecified atom stereocenters. The molecule has 1 aliphatic carbocycles. The molecule has 1 heteroatoms. The van der Waals surface area contributed by atoms with E-state index in [0.29, 0.717) is 6.04 Å². The first kappa shape index (κ1) is 20.6. The summed E-state index contributed by atoms with van der Waals surface area (Å²) in [5.41, 5.74) is 6.15. The highest BCUT2D eigenvalue weighted by Crippen LogP contribution is 2.36. The molecule has 0 N–H and O–H groups in total. The average Bonchev–Trinajstić information content (AvgIpc) is 3.06. The summed E-state index contributed by atoms with van der Waals surface area (Å²) in [5.74, 6) is 1.60. The van der Waals surface area contributed by atoms with E-state index in [1.807, 2.05) is 0 Å². The maximum absolute atomic E-state index is 2.47. The summed E-state index contributed by atoms with van der Waals surface area (Å²) in [7, 11) is 0. The quantitative estimate of drug-likeness (QED) is 0.571. The highest BCUT2D eigenvalue weighted by atomic mass is 15.2. The Morgan fingerprint density at radius 1 is 0.846 bits per heavy atom. The van der Waals surface area contributed by atoms with E-state index in [0.717, 1.165) is 11.8 Å². The molecule has 2 aliphatic rings. The van der Waals surface area contributed by atoms with Crippen LogP contribution in [0.25, 0.3) is 0 Å². The Morgan fingerprint density at radius 2 is 1.50 bits per heavy atom. The van der Waals surface area contributed by atoms with Gasteiger partial charge in [-0.1, -0.05) is 63.7 Å². The summed E-state index contributed by atoms with van der Waals surface area (Å²) in [6, 6.07) is 18.3. The molecule has 1 atom stereocenters. The number of anilines is 1. The van der Waals surface area contributed by atoms with Crippen LogP contribution in [0.1, 0.15) is 70.6 Å². The largest absolute Gasteiger partial charge is 0.369 e. The fraction of sp³-hybridized carbons (Fsp3) is 0.520. The van der Waals surface area contributed by atoms with Gasteiger partial charge in [-0.05, 0) is 74.1 Å². The van der Waals surface area contributed by atoms with Gasteiger partial charge >= 0.3 is 0 Å². The van der Waals surface area contributed by atoms with Gasteiger partial charge < -0.3 is 4.90 Å². The van der Waals surface area contributed by atoms with Gasteiger partial charge in [0.15, 0.2) is 0 Å². The third kappa shape index (κ3) is 4.50. The van der Waals surface area contributed by atoms with Crippen molar-refractivity contribution in [2.24, 2.45) is 5.92 Å². The minimum atomic E-state index is 0. The van der Waals surface area contributed by atoms with Gasteiger partial charge in [-0.2, -0.15) is 0 Å². The van der Waals surface area contributed by atoms with Crippen LogP contribution < -0.4 is 4.90 Å². The van der Waals surface area contributed by atoms with Crippen molar-refractivity contribution in [3.05, 3.63) is 65.2 Å². The van der Waals surface area contributed by atoms with Gasteiger partial charge in [-0.25, -0.2) is 0 Å². The molecule has 142 valence electrons. The van der Waals surface area contributed by atoms with E-state index >= 15 is 0 Å². The van der Waals surface area contributed by atoms with Crippen LogP contribution >= 0.6 is 0 Å². The van der Waals surface area contributed by atoms with E-state index < -0.39 is 0 Å². The molecule has 2 aromatic rings. The highest BCUT2D eigenvalue weighted by molar-refractivity contribution is 5.58. The number of hydrogen-bond donors (Lipinski definition) is 0. The molecule has 4 rings (SSSR count). The van der Waals surface area contributed by atoms with Crippen molar-refractivity contribution in [2.45, 2.75) is 72.8 Å². The van der Waals surface area contributed by atoms with Gasteiger partial charge in [0.05, 0.1) is 0 Å². The zero-order chi connectivity index (χ0) is 17.8. The number of benzene rings is 2. The second-order valence-corrected chi connectivity index (χ2v) is 8.11. The molecule has 0 spiro atoms. The summed E-state index contributed by atoms with van der Waals surface area (Å²) in [4.78, 5) is 2.47. The summed E-state index contributed by atoms with van der Waals surface area (Å²) in [6.45, 7) is 10.4. The van der Waals surface area contributed by atoms with E-state index in [9.17, 15) is 0 Å². The molecule has 1 aliphatic heterocycles. The Hall–Kier alpha value is -1.76. The van der Waals surface area contributed by atoms with Crippen LogP contribution in [0.3, 0.4) is 0 Å². The third-order valence-electron chi connectivity index (χ3n) is 5.77. The second kappa shape index (κ2) is 9.26. The number of fused-ring (bicyclic) bond motifs is 2. The number of hydrogen-bond acceptors (Lipinski definition) is 1. The predicted molar refractivity (Wildman–Crippen MR) is 116 cm³/mol. The Morgan fingerprint density at radius 3 is 2.19 bits per heavy atom. The highest BCUT2D eigenvalue weighted by Gasteiger charge is 2.22. The zero-order valence-electron chi connectivity index (χ0n) is 16.3. The fourth-order valence-corrected chi connectivity index (χ4v) is 4.38. The molecule has 0 bridgehead atoms. The van der Waals surface area contributed by atoms with Crippen LogP contribution in [-0.4, -0.2) is 12.6 Å². The van der Waals surface area contributed by atoms with Crippen molar-refractivity contribution in [1.82, 2.24) is 0 Å². The van der Waals surface area contributed by atoms with E-state index in [4.69, 9.17) is 0 Å². The Balaban J connectivity index is 0.000000180. The second-order valence-electron chi connectivity index (χ2n) is 8.11. The van der Waals surface area contributed by atoms with Crippen molar-refractivity contribution >= 4 is 5.69 Å². The number of nitrogens with zero attached hydrogens (tertiary/aromatic N) is 1. The monoisotopic (exact) mass is 351 g/mol. The lowest BCUT2D eigenvalue weighted by Gasteiger charge is -2.28. The lowest BCUT2D eigenvalue weighted by Crippen LogP contribution is -2.28. The van der Waals surface area contributed by atoms with Crippen LogP contribution in [0, 0.1) is 5.92 Å². The topological polar surface area (TPSA) is 3.24 Å². The maximum Gasteiger partial charge on any atom is 0.0401 e. The van der Waals surface area contributed by atoms with Crippen LogP contribution in [0.2, 0.25) is 0 Å². The standard InChI is InChI=1S/C13H18.C11H15N.CH4/c1-10(2)12-9-5-7-11-6-3-4-8-13(11)12;1-9(2)12-8-7-10-5-3-4-6-11(10)12;/h3-4,6,8,10,12H,5,7,9H2,1-2H3;3-6,9H,7-8H2,1-2H3;1H4. The van der Waals surface area contributed by atoms with Crippen LogP contribution in [0.15, 0.2) is 48.5 Å². The molecule has 0 aromatic heterocycles. The van der Waals surface area contributed by atoms with E-state index in [1.54, 1.807) is 11.1 Å². The zero-order valence-corrected chi connectivity index (χ0v) is 16.3. The normalized spacial score (nSPS) is 17.9. The summed E-state index contributed by atoms with van der Waals surface area (Å²) in [6.07, 6.45) is 5.27. The number of rotatable bonds is 2. The summed E-state index contributed by atoms with van der Waals surface area (Å²) < 4.78 is 0. The van der Waals surface area contributed by atoms with E-state index in [-0.39, 0.29) is 7.43 Å². The first-order valence-corrected chi connectivity index (χ1v) is 10.00. The summed E-state index contributed by atoms with van der Waals surface area (Å²) in [5, 5.41) is 0. The molecule has 0 saturated heterocycles. The Labute approximate surface area is 161 Å². The van der Waals surface area contributed by atoms with Gasteiger partial charge in [-0.3, -0.25) is 0 Å². The number of para-hydroxylation sites is 1. The van der Waals surface area contributed by atoms with Gasteiger partial charge in [0.1, 0.15) is 0 Å². The molecular weight excluding hydrogens is 314 g/mol. The van der Waals surface area contributed by atoms with Crippen molar-refractivity contribution in [3.63, 3.8) is 0 Å². The van der Waals surface area contributed by atoms with E-state index in [2.05, 4.69) is 81.1 Å². The summed E-state index contributed by atoms with van der Waals surface area (Å²) >= 11 is 0. The van der Waals surface area contributed by atoms with Crippen LogP contribution in [0.4, 0.5) is 5.69 Å². The average molecular weight is 352 g/mol. The van der Waals surface area contributed by atoms with E-state index in [1.165, 1.54) is 43.5 Å². The first-order chi connectivity index (χ1) is 12.1. The van der Waals surface area contributed by atoms with Crippen LogP contribution in [0.5, 0.6) is 0 Å². The molecule has 26 heavy (non-hydrogen) atoms. The van der Waals surface area contributed by atoms with Gasteiger partial charge in [0, 0.05) is 18.3 Å². The molecule has 1 heterocycles. The minimum absolute atomic E-state index is 0. The molecule has 0 saturated carbocycles. The Bertz CT molecular complexity index is 686. The first-order valence-electron chi connectivity index (χ1n) is 10.00. The number of aryl methyl sites for hydroxylation is 1. The fourth-order valence-electron chi connectivity index (χ4n) is 4.38. The molecule has 2 aromatic carbocycles. The van der Waals surface area contributed by atoms with Crippen molar-refractivity contribution in [3.8, 4) is 0 Å². The maximum atomic E-state index is 2.47. The molecule has 0 fully saturated rings. The van der Waals surface area contributed by atoms with Crippen molar-refractivity contribution < 1.29 is 0 Å². The van der Waals surface area contributed by atoms with Crippen LogP contribution in [-0.2, 0) is 12.8 Å². The minimum Gasteiger partial charge on any atom is -0.369 e. The van der Waals surface area contributed by atoms with Gasteiger partial charge in [0.2, 0.25) is 0 Å². The lowest BCUT2D eigenvalue weighted by atomic mass is 9.77. The molecular formula is C25H37N. The lowest BCUT2D eigenvalue weighted by molar-refractivity contribution is 0.433. The Kier molecular flexibility index (Phi) is 7.32. The molecule has 0 radical (unpaired) electrons. The van der Waals surface area contributed by atoms with Gasteiger partial charge in [0.25, 0.3) is 0 Å². The predicted octanol–water partition coefficient (Wildman–Crippen LogP) is 6.86. The molecule has 1 nitrogen and oxygen atoms in total. The molecule has 0 amide bonds.